The lowest BCUT2D eigenvalue weighted by atomic mass is 10.3. The normalized spacial score (nSPS) is 10.3. The number of hydrogen-bond donors (Lipinski definition) is 0. The largest absolute Gasteiger partial charge is 0.493 e. The molecule has 0 bridgehead atoms. The number of esters is 1. The zero-order chi connectivity index (χ0) is 10.8. The number of rotatable bonds is 2. The molecule has 0 saturated heterocycles. The van der Waals surface area contributed by atoms with Gasteiger partial charge in [0.15, 0.2) is 10.6 Å². The Morgan fingerprint density at radius 3 is 2.93 bits per heavy atom. The maximum Gasteiger partial charge on any atom is 0.351 e. The zero-order valence-electron chi connectivity index (χ0n) is 8.31. The molecule has 2 aromatic rings. The number of aromatic nitrogens is 1. The summed E-state index contributed by atoms with van der Waals surface area (Å²) in [5.74, 6) is 0.0947. The molecular formula is C10H9NO3S. The Hall–Kier alpha value is -1.62. The summed E-state index contributed by atoms with van der Waals surface area (Å²) >= 11 is 1.32. The smallest absolute Gasteiger partial charge is 0.351 e. The van der Waals surface area contributed by atoms with Crippen LogP contribution in [0.4, 0.5) is 0 Å². The van der Waals surface area contributed by atoms with E-state index in [1.165, 1.54) is 25.6 Å². The Morgan fingerprint density at radius 2 is 2.27 bits per heavy atom. The van der Waals surface area contributed by atoms with Crippen LogP contribution in [-0.4, -0.2) is 25.2 Å². The Labute approximate surface area is 90.5 Å². The molecular weight excluding hydrogens is 214 g/mol. The molecule has 5 heteroatoms. The van der Waals surface area contributed by atoms with Gasteiger partial charge in [-0.2, -0.15) is 0 Å². The number of pyridine rings is 1. The van der Waals surface area contributed by atoms with Gasteiger partial charge in [-0.15, -0.1) is 11.3 Å². The van der Waals surface area contributed by atoms with Crippen LogP contribution in [0.25, 0.3) is 10.2 Å². The van der Waals surface area contributed by atoms with Gasteiger partial charge in [-0.3, -0.25) is 4.98 Å². The minimum absolute atomic E-state index is 0.394. The Balaban J connectivity index is 2.69. The van der Waals surface area contributed by atoms with Crippen molar-refractivity contribution in [3.8, 4) is 5.75 Å². The summed E-state index contributed by atoms with van der Waals surface area (Å²) in [5, 5.41) is 0. The number of carbonyl (C=O) groups is 1. The third kappa shape index (κ3) is 1.55. The van der Waals surface area contributed by atoms with Crippen LogP contribution in [-0.2, 0) is 4.74 Å². The van der Waals surface area contributed by atoms with Gasteiger partial charge in [-0.25, -0.2) is 4.79 Å². The van der Waals surface area contributed by atoms with Gasteiger partial charge in [-0.05, 0) is 12.1 Å². The monoisotopic (exact) mass is 223 g/mol. The summed E-state index contributed by atoms with van der Waals surface area (Å²) < 4.78 is 10.8. The van der Waals surface area contributed by atoms with E-state index in [1.807, 2.05) is 12.1 Å². The number of thiophene rings is 1. The molecule has 0 atom stereocenters. The number of methoxy groups -OCH3 is 2. The molecule has 0 aliphatic heterocycles. The standard InChI is InChI=1S/C10H9NO3S/c1-13-8-7-6(4-3-5-11-7)15-9(8)10(12)14-2/h3-5H,1-2H3. The molecule has 0 saturated carbocycles. The first kappa shape index (κ1) is 9.92. The van der Waals surface area contributed by atoms with Crippen molar-refractivity contribution in [1.29, 1.82) is 0 Å². The van der Waals surface area contributed by atoms with Gasteiger partial charge in [0.1, 0.15) is 5.52 Å². The van der Waals surface area contributed by atoms with Crippen molar-refractivity contribution in [3.63, 3.8) is 0 Å². The van der Waals surface area contributed by atoms with E-state index in [1.54, 1.807) is 6.20 Å². The average Bonchev–Trinajstić information content (AvgIpc) is 2.66. The van der Waals surface area contributed by atoms with Gasteiger partial charge >= 0.3 is 5.97 Å². The predicted molar refractivity (Wildman–Crippen MR) is 57.5 cm³/mol. The van der Waals surface area contributed by atoms with E-state index in [0.29, 0.717) is 16.1 Å². The molecule has 78 valence electrons. The van der Waals surface area contributed by atoms with E-state index < -0.39 is 5.97 Å². The van der Waals surface area contributed by atoms with Crippen molar-refractivity contribution in [2.45, 2.75) is 0 Å². The van der Waals surface area contributed by atoms with Crippen molar-refractivity contribution in [2.24, 2.45) is 0 Å². The fraction of sp³-hybridized carbons (Fsp3) is 0.200. The van der Waals surface area contributed by atoms with E-state index >= 15 is 0 Å². The summed E-state index contributed by atoms with van der Waals surface area (Å²) in [5.41, 5.74) is 0.699. The van der Waals surface area contributed by atoms with Crippen LogP contribution in [0.1, 0.15) is 9.67 Å². The molecule has 4 nitrogen and oxygen atoms in total. The van der Waals surface area contributed by atoms with E-state index in [4.69, 9.17) is 4.74 Å². The van der Waals surface area contributed by atoms with Crippen molar-refractivity contribution in [3.05, 3.63) is 23.2 Å². The van der Waals surface area contributed by atoms with Gasteiger partial charge in [-0.1, -0.05) is 0 Å². The van der Waals surface area contributed by atoms with Crippen LogP contribution < -0.4 is 4.74 Å². The highest BCUT2D eigenvalue weighted by Crippen LogP contribution is 2.36. The predicted octanol–water partition coefficient (Wildman–Crippen LogP) is 2.09. The quantitative estimate of drug-likeness (QED) is 0.731. The average molecular weight is 223 g/mol. The van der Waals surface area contributed by atoms with Crippen LogP contribution in [0.3, 0.4) is 0 Å². The molecule has 0 aliphatic carbocycles. The maximum absolute atomic E-state index is 11.4. The van der Waals surface area contributed by atoms with Crippen molar-refractivity contribution >= 4 is 27.5 Å². The third-order valence-corrected chi connectivity index (χ3v) is 3.08. The first-order chi connectivity index (χ1) is 7.27. The van der Waals surface area contributed by atoms with Gasteiger partial charge in [0.25, 0.3) is 0 Å². The van der Waals surface area contributed by atoms with E-state index in [-0.39, 0.29) is 0 Å². The van der Waals surface area contributed by atoms with Crippen LogP contribution >= 0.6 is 11.3 Å². The lowest BCUT2D eigenvalue weighted by Gasteiger charge is -1.99. The van der Waals surface area contributed by atoms with Crippen LogP contribution in [0, 0.1) is 0 Å². The topological polar surface area (TPSA) is 48.4 Å². The van der Waals surface area contributed by atoms with Gasteiger partial charge in [0.2, 0.25) is 0 Å². The minimum Gasteiger partial charge on any atom is -0.493 e. The lowest BCUT2D eigenvalue weighted by Crippen LogP contribution is -2.00. The number of nitrogens with zero attached hydrogens (tertiary/aromatic N) is 1. The van der Waals surface area contributed by atoms with Crippen LogP contribution in [0.15, 0.2) is 18.3 Å². The highest BCUT2D eigenvalue weighted by atomic mass is 32.1. The zero-order valence-corrected chi connectivity index (χ0v) is 9.13. The molecule has 2 aromatic heterocycles. The third-order valence-electron chi connectivity index (χ3n) is 1.98. The molecule has 0 spiro atoms. The molecule has 2 rings (SSSR count). The van der Waals surface area contributed by atoms with Gasteiger partial charge in [0.05, 0.1) is 18.9 Å². The van der Waals surface area contributed by atoms with Crippen LogP contribution in [0.5, 0.6) is 5.75 Å². The summed E-state index contributed by atoms with van der Waals surface area (Å²) in [4.78, 5) is 16.1. The van der Waals surface area contributed by atoms with Crippen molar-refractivity contribution in [1.82, 2.24) is 4.98 Å². The van der Waals surface area contributed by atoms with Gasteiger partial charge in [0, 0.05) is 6.20 Å². The van der Waals surface area contributed by atoms with Crippen LogP contribution in [0.2, 0.25) is 0 Å². The van der Waals surface area contributed by atoms with E-state index in [9.17, 15) is 4.79 Å². The molecule has 15 heavy (non-hydrogen) atoms. The molecule has 0 unspecified atom stereocenters. The molecule has 0 radical (unpaired) electrons. The van der Waals surface area contributed by atoms with Crippen molar-refractivity contribution < 1.29 is 14.3 Å². The fourth-order valence-electron chi connectivity index (χ4n) is 1.32. The molecule has 0 fully saturated rings. The number of ether oxygens (including phenoxy) is 2. The lowest BCUT2D eigenvalue weighted by molar-refractivity contribution is 0.0603. The maximum atomic E-state index is 11.4. The van der Waals surface area contributed by atoms with Crippen molar-refractivity contribution in [2.75, 3.05) is 14.2 Å². The number of fused-ring (bicyclic) bond motifs is 1. The second-order valence-corrected chi connectivity index (χ2v) is 3.86. The minimum atomic E-state index is -0.394. The molecule has 2 heterocycles. The fourth-order valence-corrected chi connectivity index (χ4v) is 2.37. The highest BCUT2D eigenvalue weighted by molar-refractivity contribution is 7.21. The van der Waals surface area contributed by atoms with Gasteiger partial charge < -0.3 is 9.47 Å². The second-order valence-electron chi connectivity index (χ2n) is 2.81. The van der Waals surface area contributed by atoms with E-state index in [0.717, 1.165) is 4.70 Å². The van der Waals surface area contributed by atoms with E-state index in [2.05, 4.69) is 9.72 Å². The molecule has 0 aliphatic rings. The highest BCUT2D eigenvalue weighted by Gasteiger charge is 2.20. The summed E-state index contributed by atoms with van der Waals surface area (Å²) in [6.45, 7) is 0. The number of carbonyl (C=O) groups excluding carboxylic acids is 1. The Kier molecular flexibility index (Phi) is 2.55. The SMILES string of the molecule is COC(=O)c1sc2cccnc2c1OC. The Bertz CT molecular complexity index is 506. The summed E-state index contributed by atoms with van der Waals surface area (Å²) in [7, 11) is 2.86. The first-order valence-corrected chi connectivity index (χ1v) is 5.09. The molecule has 0 aromatic carbocycles. The molecule has 0 N–H and O–H groups in total. The summed E-state index contributed by atoms with van der Waals surface area (Å²) in [6.07, 6.45) is 1.67. The summed E-state index contributed by atoms with van der Waals surface area (Å²) in [6, 6.07) is 3.71. The Morgan fingerprint density at radius 1 is 1.47 bits per heavy atom. The number of hydrogen-bond acceptors (Lipinski definition) is 5. The molecule has 0 amide bonds. The first-order valence-electron chi connectivity index (χ1n) is 4.27. The second kappa shape index (κ2) is 3.86.